The molecule has 19 heavy (non-hydrogen) atoms. The van der Waals surface area contributed by atoms with Crippen LogP contribution in [-0.4, -0.2) is 44.7 Å². The number of methoxy groups -OCH3 is 1. The van der Waals surface area contributed by atoms with Crippen molar-refractivity contribution in [3.05, 3.63) is 34.9 Å². The summed E-state index contributed by atoms with van der Waals surface area (Å²) in [5, 5.41) is 3.37. The van der Waals surface area contributed by atoms with Crippen molar-refractivity contribution in [1.29, 1.82) is 0 Å². The van der Waals surface area contributed by atoms with Crippen molar-refractivity contribution in [3.8, 4) is 5.75 Å². The Morgan fingerprint density at radius 1 is 1.26 bits per heavy atom. The van der Waals surface area contributed by atoms with Gasteiger partial charge in [0, 0.05) is 38.3 Å². The molecular weight excluding hydrogens is 236 g/mol. The van der Waals surface area contributed by atoms with E-state index < -0.39 is 0 Å². The Morgan fingerprint density at radius 3 is 2.68 bits per heavy atom. The van der Waals surface area contributed by atoms with E-state index in [1.807, 2.05) is 0 Å². The Kier molecular flexibility index (Phi) is 5.00. The molecule has 1 aliphatic heterocycles. The minimum atomic E-state index is 0.988. The SMILES string of the molecule is COc1c(C)cc(C)cc1/C=C/CN1CCNCC1. The smallest absolute Gasteiger partial charge is 0.128 e. The van der Waals surface area contributed by atoms with Gasteiger partial charge in [0.05, 0.1) is 7.11 Å². The first-order chi connectivity index (χ1) is 9.20. The molecule has 1 heterocycles. The van der Waals surface area contributed by atoms with Crippen molar-refractivity contribution >= 4 is 6.08 Å². The number of nitrogens with one attached hydrogen (secondary N) is 1. The summed E-state index contributed by atoms with van der Waals surface area (Å²) < 4.78 is 5.50. The molecule has 0 unspecified atom stereocenters. The van der Waals surface area contributed by atoms with Crippen molar-refractivity contribution in [1.82, 2.24) is 10.2 Å². The van der Waals surface area contributed by atoms with E-state index in [9.17, 15) is 0 Å². The highest BCUT2D eigenvalue weighted by atomic mass is 16.5. The fraction of sp³-hybridized carbons (Fsp3) is 0.500. The summed E-state index contributed by atoms with van der Waals surface area (Å²) in [7, 11) is 1.74. The van der Waals surface area contributed by atoms with E-state index in [-0.39, 0.29) is 0 Å². The molecule has 1 aliphatic rings. The highest BCUT2D eigenvalue weighted by Gasteiger charge is 2.08. The molecule has 0 saturated carbocycles. The minimum absolute atomic E-state index is 0.988. The number of hydrogen-bond donors (Lipinski definition) is 1. The first-order valence-corrected chi connectivity index (χ1v) is 6.95. The zero-order valence-corrected chi connectivity index (χ0v) is 12.2. The molecule has 1 N–H and O–H groups in total. The monoisotopic (exact) mass is 260 g/mol. The fourth-order valence-electron chi connectivity index (χ4n) is 2.61. The van der Waals surface area contributed by atoms with Gasteiger partial charge in [-0.05, 0) is 25.5 Å². The average Bonchev–Trinajstić information content (AvgIpc) is 2.39. The van der Waals surface area contributed by atoms with E-state index in [1.165, 1.54) is 16.7 Å². The van der Waals surface area contributed by atoms with Crippen molar-refractivity contribution in [2.45, 2.75) is 13.8 Å². The van der Waals surface area contributed by atoms with Crippen molar-refractivity contribution in [3.63, 3.8) is 0 Å². The third-order valence-corrected chi connectivity index (χ3v) is 3.52. The molecule has 0 amide bonds. The topological polar surface area (TPSA) is 24.5 Å². The van der Waals surface area contributed by atoms with Crippen molar-refractivity contribution in [2.24, 2.45) is 0 Å². The Labute approximate surface area is 116 Å². The third-order valence-electron chi connectivity index (χ3n) is 3.52. The van der Waals surface area contributed by atoms with Gasteiger partial charge < -0.3 is 10.1 Å². The van der Waals surface area contributed by atoms with Crippen LogP contribution in [0.3, 0.4) is 0 Å². The maximum atomic E-state index is 5.50. The highest BCUT2D eigenvalue weighted by Crippen LogP contribution is 2.26. The largest absolute Gasteiger partial charge is 0.496 e. The van der Waals surface area contributed by atoms with E-state index >= 15 is 0 Å². The van der Waals surface area contributed by atoms with Crippen LogP contribution in [0.4, 0.5) is 0 Å². The Bertz CT molecular complexity index is 448. The second-order valence-corrected chi connectivity index (χ2v) is 5.16. The van der Waals surface area contributed by atoms with Gasteiger partial charge in [0.2, 0.25) is 0 Å². The molecule has 0 radical (unpaired) electrons. The summed E-state index contributed by atoms with van der Waals surface area (Å²) in [6.07, 6.45) is 4.42. The summed E-state index contributed by atoms with van der Waals surface area (Å²) in [6, 6.07) is 4.34. The Morgan fingerprint density at radius 2 is 2.00 bits per heavy atom. The molecule has 1 aromatic rings. The van der Waals surface area contributed by atoms with Gasteiger partial charge in [-0.2, -0.15) is 0 Å². The van der Waals surface area contributed by atoms with Crippen LogP contribution in [0, 0.1) is 13.8 Å². The molecule has 3 nitrogen and oxygen atoms in total. The van der Waals surface area contributed by atoms with Crippen molar-refractivity contribution < 1.29 is 4.74 Å². The summed E-state index contributed by atoms with van der Waals surface area (Å²) in [4.78, 5) is 2.46. The van der Waals surface area contributed by atoms with Gasteiger partial charge >= 0.3 is 0 Å². The second-order valence-electron chi connectivity index (χ2n) is 5.16. The van der Waals surface area contributed by atoms with Crippen LogP contribution in [-0.2, 0) is 0 Å². The number of benzene rings is 1. The molecule has 1 fully saturated rings. The maximum Gasteiger partial charge on any atom is 0.128 e. The summed E-state index contributed by atoms with van der Waals surface area (Å²) in [6.45, 7) is 9.70. The molecule has 104 valence electrons. The predicted molar refractivity (Wildman–Crippen MR) is 80.8 cm³/mol. The van der Waals surface area contributed by atoms with E-state index in [1.54, 1.807) is 7.11 Å². The van der Waals surface area contributed by atoms with E-state index in [0.717, 1.165) is 38.5 Å². The fourth-order valence-corrected chi connectivity index (χ4v) is 2.61. The lowest BCUT2D eigenvalue weighted by molar-refractivity contribution is 0.265. The molecule has 2 rings (SSSR count). The van der Waals surface area contributed by atoms with Gasteiger partial charge in [-0.25, -0.2) is 0 Å². The van der Waals surface area contributed by atoms with Crippen LogP contribution in [0.25, 0.3) is 6.08 Å². The molecule has 1 saturated heterocycles. The normalized spacial score (nSPS) is 17.0. The molecule has 0 spiro atoms. The molecule has 0 atom stereocenters. The number of aryl methyl sites for hydroxylation is 2. The van der Waals surface area contributed by atoms with Crippen LogP contribution in [0.5, 0.6) is 5.75 Å². The molecule has 1 aromatic carbocycles. The quantitative estimate of drug-likeness (QED) is 0.898. The number of nitrogens with zero attached hydrogens (tertiary/aromatic N) is 1. The third kappa shape index (κ3) is 3.82. The van der Waals surface area contributed by atoms with Gasteiger partial charge in [-0.1, -0.05) is 23.8 Å². The van der Waals surface area contributed by atoms with Gasteiger partial charge in [-0.3, -0.25) is 4.90 Å². The lowest BCUT2D eigenvalue weighted by atomic mass is 10.1. The van der Waals surface area contributed by atoms with Crippen LogP contribution in [0.15, 0.2) is 18.2 Å². The lowest BCUT2D eigenvalue weighted by Crippen LogP contribution is -2.43. The van der Waals surface area contributed by atoms with Gasteiger partial charge in [0.1, 0.15) is 5.75 Å². The van der Waals surface area contributed by atoms with Gasteiger partial charge in [0.25, 0.3) is 0 Å². The number of ether oxygens (including phenoxy) is 1. The first kappa shape index (κ1) is 14.1. The Balaban J connectivity index is 2.05. The summed E-state index contributed by atoms with van der Waals surface area (Å²) in [5.74, 6) is 0.988. The van der Waals surface area contributed by atoms with Crippen LogP contribution in [0.1, 0.15) is 16.7 Å². The maximum absolute atomic E-state index is 5.50. The summed E-state index contributed by atoms with van der Waals surface area (Å²) >= 11 is 0. The van der Waals surface area contributed by atoms with Crippen LogP contribution < -0.4 is 10.1 Å². The first-order valence-electron chi connectivity index (χ1n) is 6.95. The van der Waals surface area contributed by atoms with Crippen LogP contribution in [0.2, 0.25) is 0 Å². The Hall–Kier alpha value is -1.32. The average molecular weight is 260 g/mol. The van der Waals surface area contributed by atoms with Gasteiger partial charge in [0.15, 0.2) is 0 Å². The lowest BCUT2D eigenvalue weighted by Gasteiger charge is -2.25. The van der Waals surface area contributed by atoms with Gasteiger partial charge in [-0.15, -0.1) is 0 Å². The standard InChI is InChI=1S/C16H24N2O/c1-13-11-14(2)16(19-3)15(12-13)5-4-8-18-9-6-17-7-10-18/h4-5,11-12,17H,6-10H2,1-3H3/b5-4+. The summed E-state index contributed by atoms with van der Waals surface area (Å²) in [5.41, 5.74) is 3.65. The van der Waals surface area contributed by atoms with E-state index in [2.05, 4.69) is 48.3 Å². The second kappa shape index (κ2) is 6.73. The van der Waals surface area contributed by atoms with E-state index in [4.69, 9.17) is 4.74 Å². The molecular formula is C16H24N2O. The highest BCUT2D eigenvalue weighted by molar-refractivity contribution is 5.61. The van der Waals surface area contributed by atoms with Crippen molar-refractivity contribution in [2.75, 3.05) is 39.8 Å². The number of piperazine rings is 1. The molecule has 3 heteroatoms. The molecule has 0 aliphatic carbocycles. The number of rotatable bonds is 4. The van der Waals surface area contributed by atoms with E-state index in [0.29, 0.717) is 0 Å². The molecule has 0 aromatic heterocycles. The zero-order valence-electron chi connectivity index (χ0n) is 12.2. The number of hydrogen-bond acceptors (Lipinski definition) is 3. The van der Waals surface area contributed by atoms with Crippen LogP contribution >= 0.6 is 0 Å². The predicted octanol–water partition coefficient (Wildman–Crippen LogP) is 2.23. The minimum Gasteiger partial charge on any atom is -0.496 e. The zero-order chi connectivity index (χ0) is 13.7. The molecule has 0 bridgehead atoms.